The summed E-state index contributed by atoms with van der Waals surface area (Å²) in [7, 11) is 0. The van der Waals surface area contributed by atoms with Crippen LogP contribution < -0.4 is 10.3 Å². The van der Waals surface area contributed by atoms with Gasteiger partial charge in [0.05, 0.1) is 17.7 Å². The summed E-state index contributed by atoms with van der Waals surface area (Å²) in [6.07, 6.45) is 7.18. The molecule has 0 saturated heterocycles. The average Bonchev–Trinajstić information content (AvgIpc) is 3.07. The highest BCUT2D eigenvalue weighted by Gasteiger charge is 2.27. The molecule has 24 heavy (non-hydrogen) atoms. The molecule has 0 radical (unpaired) electrons. The van der Waals surface area contributed by atoms with Crippen molar-refractivity contribution in [1.29, 1.82) is 0 Å². The second kappa shape index (κ2) is 6.27. The van der Waals surface area contributed by atoms with E-state index in [1.54, 1.807) is 11.8 Å². The predicted octanol–water partition coefficient (Wildman–Crippen LogP) is 2.87. The van der Waals surface area contributed by atoms with Gasteiger partial charge in [0.25, 0.3) is 5.56 Å². The molecule has 2 heterocycles. The van der Waals surface area contributed by atoms with E-state index < -0.39 is 0 Å². The summed E-state index contributed by atoms with van der Waals surface area (Å²) in [5, 5.41) is 0.689. The van der Waals surface area contributed by atoms with Crippen molar-refractivity contribution in [1.82, 2.24) is 19.5 Å². The lowest BCUT2D eigenvalue weighted by Crippen LogP contribution is -2.15. The molecule has 0 aliphatic heterocycles. The molecule has 128 valence electrons. The minimum atomic E-state index is 0.0202. The summed E-state index contributed by atoms with van der Waals surface area (Å²) < 4.78 is 8.07. The Kier molecular flexibility index (Phi) is 4.12. The van der Waals surface area contributed by atoms with Crippen molar-refractivity contribution in [3.63, 3.8) is 0 Å². The minimum Gasteiger partial charge on any atom is -0.473 e. The molecular formula is C17H22N4O2S. The topological polar surface area (TPSA) is 72.8 Å². The van der Waals surface area contributed by atoms with Crippen molar-refractivity contribution < 1.29 is 4.74 Å². The Morgan fingerprint density at radius 1 is 1.42 bits per heavy atom. The van der Waals surface area contributed by atoms with E-state index in [9.17, 15) is 4.79 Å². The summed E-state index contributed by atoms with van der Waals surface area (Å²) in [6, 6.07) is 0.316. The summed E-state index contributed by atoms with van der Waals surface area (Å²) in [6.45, 7) is 4.26. The Hall–Kier alpha value is -1.76. The van der Waals surface area contributed by atoms with E-state index in [1.165, 1.54) is 0 Å². The lowest BCUT2D eigenvalue weighted by Gasteiger charge is -2.13. The number of imidazole rings is 1. The fourth-order valence-electron chi connectivity index (χ4n) is 3.02. The first-order valence-corrected chi connectivity index (χ1v) is 9.57. The summed E-state index contributed by atoms with van der Waals surface area (Å²) in [5.41, 5.74) is 2.91. The Labute approximate surface area is 145 Å². The van der Waals surface area contributed by atoms with Gasteiger partial charge in [-0.2, -0.15) is 0 Å². The van der Waals surface area contributed by atoms with Gasteiger partial charge in [-0.15, -0.1) is 0 Å². The van der Waals surface area contributed by atoms with Gasteiger partial charge in [0.15, 0.2) is 5.16 Å². The predicted molar refractivity (Wildman–Crippen MR) is 92.7 cm³/mol. The van der Waals surface area contributed by atoms with Gasteiger partial charge in [-0.3, -0.25) is 4.79 Å². The highest BCUT2D eigenvalue weighted by atomic mass is 32.2. The van der Waals surface area contributed by atoms with Gasteiger partial charge >= 0.3 is 0 Å². The first kappa shape index (κ1) is 15.7. The number of nitrogens with zero attached hydrogens (tertiary/aromatic N) is 3. The zero-order chi connectivity index (χ0) is 16.7. The van der Waals surface area contributed by atoms with Crippen LogP contribution in [0.15, 0.2) is 16.3 Å². The molecule has 2 aromatic rings. The number of aryl methyl sites for hydroxylation is 1. The third-order valence-corrected chi connectivity index (χ3v) is 5.37. The van der Waals surface area contributed by atoms with Crippen LogP contribution in [0, 0.1) is 0 Å². The van der Waals surface area contributed by atoms with E-state index in [1.807, 2.05) is 6.33 Å². The van der Waals surface area contributed by atoms with E-state index in [2.05, 4.69) is 33.4 Å². The number of hydrogen-bond donors (Lipinski definition) is 1. The van der Waals surface area contributed by atoms with E-state index in [4.69, 9.17) is 4.74 Å². The molecule has 4 rings (SSSR count). The highest BCUT2D eigenvalue weighted by molar-refractivity contribution is 7.98. The molecule has 0 aromatic carbocycles. The lowest BCUT2D eigenvalue weighted by atomic mass is 10.3. The van der Waals surface area contributed by atoms with E-state index in [0.29, 0.717) is 23.1 Å². The summed E-state index contributed by atoms with van der Waals surface area (Å²) in [5.74, 6) is 1.41. The van der Waals surface area contributed by atoms with Crippen LogP contribution in [-0.4, -0.2) is 25.6 Å². The molecule has 1 saturated carbocycles. The maximum Gasteiger partial charge on any atom is 0.254 e. The average molecular weight is 346 g/mol. The number of hydrogen-bond acceptors (Lipinski definition) is 5. The summed E-state index contributed by atoms with van der Waals surface area (Å²) in [4.78, 5) is 24.1. The second-order valence-electron chi connectivity index (χ2n) is 6.75. The van der Waals surface area contributed by atoms with Crippen molar-refractivity contribution in [3.8, 4) is 5.88 Å². The first-order chi connectivity index (χ1) is 11.6. The molecule has 2 aliphatic rings. The number of rotatable bonds is 6. The Bertz CT molecular complexity index is 807. The number of H-pyrrole nitrogens is 1. The first-order valence-electron chi connectivity index (χ1n) is 8.59. The number of aromatic nitrogens is 4. The maximum absolute atomic E-state index is 12.1. The fraction of sp³-hybridized carbons (Fsp3) is 0.588. The van der Waals surface area contributed by atoms with E-state index >= 15 is 0 Å². The standard InChI is InChI=1S/C17H22N4O2S/c1-10(2)21-9-18-16(23-11-6-7-11)14(21)8-24-17-19-13-5-3-4-12(13)15(22)20-17/h9-11H,3-8H2,1-2H3,(H,19,20,22). The van der Waals surface area contributed by atoms with Crippen molar-refractivity contribution in [3.05, 3.63) is 33.6 Å². The van der Waals surface area contributed by atoms with E-state index in [0.717, 1.165) is 54.9 Å². The molecule has 7 heteroatoms. The van der Waals surface area contributed by atoms with Crippen LogP contribution >= 0.6 is 11.8 Å². The molecule has 2 aliphatic carbocycles. The van der Waals surface area contributed by atoms with Gasteiger partial charge in [0, 0.05) is 17.4 Å². The van der Waals surface area contributed by atoms with E-state index in [-0.39, 0.29) is 5.56 Å². The van der Waals surface area contributed by atoms with Gasteiger partial charge < -0.3 is 14.3 Å². The molecule has 0 amide bonds. The molecule has 0 bridgehead atoms. The molecule has 6 nitrogen and oxygen atoms in total. The number of nitrogens with one attached hydrogen (secondary N) is 1. The highest BCUT2D eigenvalue weighted by Crippen LogP contribution is 2.32. The maximum atomic E-state index is 12.1. The van der Waals surface area contributed by atoms with Gasteiger partial charge in [0.1, 0.15) is 6.10 Å². The van der Waals surface area contributed by atoms with Gasteiger partial charge in [-0.05, 0) is 46.0 Å². The molecule has 1 fully saturated rings. The lowest BCUT2D eigenvalue weighted by molar-refractivity contribution is 0.289. The van der Waals surface area contributed by atoms with Crippen LogP contribution in [0.2, 0.25) is 0 Å². The van der Waals surface area contributed by atoms with Crippen molar-refractivity contribution >= 4 is 11.8 Å². The molecule has 2 aromatic heterocycles. The van der Waals surface area contributed by atoms with Gasteiger partial charge in [0.2, 0.25) is 5.88 Å². The van der Waals surface area contributed by atoms with Crippen LogP contribution in [0.25, 0.3) is 0 Å². The zero-order valence-electron chi connectivity index (χ0n) is 14.0. The molecular weight excluding hydrogens is 324 g/mol. The van der Waals surface area contributed by atoms with Gasteiger partial charge in [-0.1, -0.05) is 11.8 Å². The number of thioether (sulfide) groups is 1. The zero-order valence-corrected chi connectivity index (χ0v) is 14.9. The molecule has 0 spiro atoms. The second-order valence-corrected chi connectivity index (χ2v) is 7.72. The normalized spacial score (nSPS) is 16.6. The smallest absolute Gasteiger partial charge is 0.254 e. The molecule has 0 unspecified atom stereocenters. The third-order valence-electron chi connectivity index (χ3n) is 4.48. The van der Waals surface area contributed by atoms with Crippen molar-refractivity contribution in [2.75, 3.05) is 0 Å². The minimum absolute atomic E-state index is 0.0202. The molecule has 1 N–H and O–H groups in total. The SMILES string of the molecule is CC(C)n1cnc(OC2CC2)c1CSc1nc2c(c(=O)[nH]1)CCC2. The van der Waals surface area contributed by atoms with Crippen molar-refractivity contribution in [2.24, 2.45) is 0 Å². The largest absolute Gasteiger partial charge is 0.473 e. The number of ether oxygens (including phenoxy) is 1. The Morgan fingerprint density at radius 2 is 2.25 bits per heavy atom. The Morgan fingerprint density at radius 3 is 3.00 bits per heavy atom. The van der Waals surface area contributed by atoms with Gasteiger partial charge in [-0.25, -0.2) is 9.97 Å². The van der Waals surface area contributed by atoms with Crippen LogP contribution in [0.3, 0.4) is 0 Å². The quantitative estimate of drug-likeness (QED) is 0.643. The van der Waals surface area contributed by atoms with Crippen LogP contribution in [-0.2, 0) is 18.6 Å². The number of aromatic amines is 1. The van der Waals surface area contributed by atoms with Crippen LogP contribution in [0.1, 0.15) is 56.1 Å². The monoisotopic (exact) mass is 346 g/mol. The molecule has 0 atom stereocenters. The van der Waals surface area contributed by atoms with Crippen LogP contribution in [0.5, 0.6) is 5.88 Å². The summed E-state index contributed by atoms with van der Waals surface area (Å²) >= 11 is 1.54. The fourth-order valence-corrected chi connectivity index (χ4v) is 3.90. The van der Waals surface area contributed by atoms with Crippen LogP contribution in [0.4, 0.5) is 0 Å². The van der Waals surface area contributed by atoms with Crippen molar-refractivity contribution in [2.45, 2.75) is 69.0 Å². The Balaban J connectivity index is 1.56. The number of fused-ring (bicyclic) bond motifs is 1. The third kappa shape index (κ3) is 3.09.